The Morgan fingerprint density at radius 3 is 2.71 bits per heavy atom. The average molecular weight is 471 g/mol. The van der Waals surface area contributed by atoms with Crippen molar-refractivity contribution in [1.29, 1.82) is 0 Å². The number of rotatable bonds is 4. The van der Waals surface area contributed by atoms with E-state index in [1.54, 1.807) is 26.4 Å². The van der Waals surface area contributed by atoms with Crippen molar-refractivity contribution in [3.63, 3.8) is 0 Å². The summed E-state index contributed by atoms with van der Waals surface area (Å²) in [5, 5.41) is 0. The van der Waals surface area contributed by atoms with Crippen LogP contribution in [0.1, 0.15) is 48.0 Å². The Kier molecular flexibility index (Phi) is 8.40. The van der Waals surface area contributed by atoms with Gasteiger partial charge in [0.25, 0.3) is 5.91 Å². The van der Waals surface area contributed by atoms with E-state index in [0.717, 1.165) is 56.5 Å². The van der Waals surface area contributed by atoms with Crippen molar-refractivity contribution in [2.24, 2.45) is 0 Å². The van der Waals surface area contributed by atoms with Crippen LogP contribution in [0.15, 0.2) is 42.5 Å². The van der Waals surface area contributed by atoms with Gasteiger partial charge in [0.1, 0.15) is 12.4 Å². The molecule has 0 N–H and O–H groups in total. The maximum atomic E-state index is 14.5. The number of nitrogens with zero attached hydrogens (tertiary/aromatic N) is 2. The lowest BCUT2D eigenvalue weighted by Crippen LogP contribution is -2.51. The molecule has 1 fully saturated rings. The molecule has 2 aliphatic heterocycles. The zero-order valence-electron chi connectivity index (χ0n) is 20.2. The molecule has 0 aromatic heterocycles. The first-order chi connectivity index (χ1) is 16.6. The third kappa shape index (κ3) is 5.70. The lowest BCUT2D eigenvalue weighted by Gasteiger charge is -2.41. The van der Waals surface area contributed by atoms with E-state index in [0.29, 0.717) is 25.3 Å². The van der Waals surface area contributed by atoms with Gasteiger partial charge in [-0.05, 0) is 56.5 Å². The van der Waals surface area contributed by atoms with E-state index in [9.17, 15) is 9.18 Å². The lowest BCUT2D eigenvalue weighted by molar-refractivity contribution is -0.0156. The number of carbonyl (C=O) groups excluding carboxylic acids is 1. The van der Waals surface area contributed by atoms with Gasteiger partial charge in [-0.2, -0.15) is 0 Å². The molecule has 0 spiro atoms. The topological polar surface area (TPSA) is 51.2 Å². The minimum absolute atomic E-state index is 0.0197. The van der Waals surface area contributed by atoms with Crippen LogP contribution in [0.2, 0.25) is 0 Å². The fourth-order valence-electron chi connectivity index (χ4n) is 5.12. The summed E-state index contributed by atoms with van der Waals surface area (Å²) < 4.78 is 31.6. The number of benzene rings is 2. The quantitative estimate of drug-likeness (QED) is 0.658. The highest BCUT2D eigenvalue weighted by atomic mass is 19.1. The third-order valence-corrected chi connectivity index (χ3v) is 6.93. The molecule has 6 nitrogen and oxygen atoms in total. The molecule has 0 aliphatic carbocycles. The van der Waals surface area contributed by atoms with Gasteiger partial charge >= 0.3 is 0 Å². The van der Waals surface area contributed by atoms with Crippen molar-refractivity contribution >= 4 is 5.91 Å². The van der Waals surface area contributed by atoms with E-state index in [1.165, 1.54) is 6.07 Å². The molecule has 2 heterocycles. The van der Waals surface area contributed by atoms with Crippen LogP contribution in [0, 0.1) is 5.82 Å². The predicted octanol–water partition coefficient (Wildman–Crippen LogP) is 4.52. The summed E-state index contributed by atoms with van der Waals surface area (Å²) in [6.45, 7) is 3.28. The highest BCUT2D eigenvalue weighted by Gasteiger charge is 2.34. The molecule has 0 radical (unpaired) electrons. The maximum Gasteiger partial charge on any atom is 0.254 e. The van der Waals surface area contributed by atoms with Crippen molar-refractivity contribution in [1.82, 2.24) is 9.80 Å². The summed E-state index contributed by atoms with van der Waals surface area (Å²) in [6.07, 6.45) is 4.74. The number of hydrogen-bond acceptors (Lipinski definition) is 5. The van der Waals surface area contributed by atoms with Crippen LogP contribution < -0.4 is 9.47 Å². The molecule has 2 bridgehead atoms. The Labute approximate surface area is 201 Å². The fraction of sp³-hybridized carbons (Fsp3) is 0.519. The molecule has 0 saturated carbocycles. The first-order valence-corrected chi connectivity index (χ1v) is 12.2. The molecule has 2 aromatic rings. The number of methoxy groups -OCH3 is 2. The van der Waals surface area contributed by atoms with Gasteiger partial charge in [-0.3, -0.25) is 9.69 Å². The minimum Gasteiger partial charge on any atom is -0.496 e. The summed E-state index contributed by atoms with van der Waals surface area (Å²) >= 11 is 0. The summed E-state index contributed by atoms with van der Waals surface area (Å²) in [6, 6.07) is 12.5. The molecule has 4 rings (SSSR count). The Hall–Kier alpha value is -2.64. The lowest BCUT2D eigenvalue weighted by atomic mass is 9.93. The molecule has 2 aromatic carbocycles. The highest BCUT2D eigenvalue weighted by Crippen LogP contribution is 2.28. The zero-order valence-corrected chi connectivity index (χ0v) is 20.2. The standard InChI is InChI=1S/C27H35FN2O4/c1-32-24-10-4-3-8-21(24)19-29-14-6-5-9-23-25(33-2)11-7-15-30(23)27(31)20-12-13-22(28)26(18-20)34-17-16-29/h3-4,8,10,12-13,18,23,25H,5-7,9,11,14-17,19H2,1-2H3/t23-,25-/m1/s1. The van der Waals surface area contributed by atoms with E-state index in [1.807, 2.05) is 23.1 Å². The van der Waals surface area contributed by atoms with Crippen molar-refractivity contribution in [2.75, 3.05) is 40.5 Å². The van der Waals surface area contributed by atoms with Gasteiger partial charge in [-0.15, -0.1) is 0 Å². The molecule has 34 heavy (non-hydrogen) atoms. The molecule has 0 unspecified atom stereocenters. The van der Waals surface area contributed by atoms with Crippen LogP contribution in [0.4, 0.5) is 4.39 Å². The number of ether oxygens (including phenoxy) is 3. The summed E-state index contributed by atoms with van der Waals surface area (Å²) in [5.41, 5.74) is 1.57. The average Bonchev–Trinajstić information content (AvgIpc) is 2.86. The van der Waals surface area contributed by atoms with E-state index < -0.39 is 5.82 Å². The van der Waals surface area contributed by atoms with Crippen LogP contribution in [0.25, 0.3) is 0 Å². The molecule has 184 valence electrons. The second-order valence-corrected chi connectivity index (χ2v) is 9.06. The largest absolute Gasteiger partial charge is 0.496 e. The zero-order chi connectivity index (χ0) is 23.9. The second-order valence-electron chi connectivity index (χ2n) is 9.06. The van der Waals surface area contributed by atoms with Gasteiger partial charge in [-0.25, -0.2) is 4.39 Å². The molecule has 1 saturated heterocycles. The Bertz CT molecular complexity index is 969. The van der Waals surface area contributed by atoms with E-state index in [4.69, 9.17) is 14.2 Å². The smallest absolute Gasteiger partial charge is 0.254 e. The van der Waals surface area contributed by atoms with E-state index in [2.05, 4.69) is 11.0 Å². The maximum absolute atomic E-state index is 14.5. The van der Waals surface area contributed by atoms with Gasteiger partial charge in [0, 0.05) is 37.9 Å². The number of halogens is 1. The summed E-state index contributed by atoms with van der Waals surface area (Å²) in [4.78, 5) is 17.6. The Morgan fingerprint density at radius 1 is 1.03 bits per heavy atom. The minimum atomic E-state index is -0.454. The summed E-state index contributed by atoms with van der Waals surface area (Å²) in [5.74, 6) is 0.453. The predicted molar refractivity (Wildman–Crippen MR) is 129 cm³/mol. The number of carbonyl (C=O) groups is 1. The molecule has 7 heteroatoms. The number of para-hydroxylation sites is 1. The highest BCUT2D eigenvalue weighted by molar-refractivity contribution is 5.95. The molecular formula is C27H35FN2O4. The van der Waals surface area contributed by atoms with Crippen molar-refractivity contribution in [2.45, 2.75) is 50.8 Å². The number of fused-ring (bicyclic) bond motifs is 3. The van der Waals surface area contributed by atoms with Crippen LogP contribution in [0.3, 0.4) is 0 Å². The molecular weight excluding hydrogens is 435 g/mol. The first-order valence-electron chi connectivity index (χ1n) is 12.2. The Balaban J connectivity index is 1.57. The van der Waals surface area contributed by atoms with Crippen LogP contribution >= 0.6 is 0 Å². The van der Waals surface area contributed by atoms with E-state index >= 15 is 0 Å². The first kappa shape index (κ1) is 24.5. The normalized spacial score (nSPS) is 22.4. The molecule has 1 amide bonds. The van der Waals surface area contributed by atoms with Crippen LogP contribution in [-0.4, -0.2) is 68.3 Å². The van der Waals surface area contributed by atoms with Gasteiger partial charge in [-0.1, -0.05) is 24.6 Å². The van der Waals surface area contributed by atoms with Crippen molar-refractivity contribution in [3.8, 4) is 11.5 Å². The number of piperidine rings is 1. The van der Waals surface area contributed by atoms with Crippen molar-refractivity contribution in [3.05, 3.63) is 59.4 Å². The SMILES string of the molecule is COc1ccccc1CN1CCCC[C@@H]2[C@H](OC)CCCN2C(=O)c2ccc(F)c(c2)OCC1. The fourth-order valence-corrected chi connectivity index (χ4v) is 5.12. The van der Waals surface area contributed by atoms with Crippen LogP contribution in [0.5, 0.6) is 11.5 Å². The monoisotopic (exact) mass is 470 g/mol. The second kappa shape index (κ2) is 11.7. The summed E-state index contributed by atoms with van der Waals surface area (Å²) in [7, 11) is 3.41. The number of amides is 1. The van der Waals surface area contributed by atoms with Gasteiger partial charge in [0.2, 0.25) is 0 Å². The van der Waals surface area contributed by atoms with Gasteiger partial charge < -0.3 is 19.1 Å². The van der Waals surface area contributed by atoms with Gasteiger partial charge in [0.15, 0.2) is 11.6 Å². The van der Waals surface area contributed by atoms with E-state index in [-0.39, 0.29) is 23.8 Å². The van der Waals surface area contributed by atoms with Crippen LogP contribution in [-0.2, 0) is 11.3 Å². The van der Waals surface area contributed by atoms with Crippen molar-refractivity contribution < 1.29 is 23.4 Å². The molecule has 2 atom stereocenters. The molecule has 2 aliphatic rings. The third-order valence-electron chi connectivity index (χ3n) is 6.93. The number of hydrogen-bond donors (Lipinski definition) is 0. The Morgan fingerprint density at radius 2 is 1.88 bits per heavy atom. The van der Waals surface area contributed by atoms with Gasteiger partial charge in [0.05, 0.1) is 19.3 Å².